The fourth-order valence-electron chi connectivity index (χ4n) is 1.31. The number of nitrogens with two attached hydrogens (primary N) is 1. The third kappa shape index (κ3) is 8.75. The van der Waals surface area contributed by atoms with E-state index in [-0.39, 0.29) is 17.1 Å². The number of anilines is 1. The van der Waals surface area contributed by atoms with Crippen molar-refractivity contribution in [2.75, 3.05) is 18.4 Å². The average Bonchev–Trinajstić information content (AvgIpc) is 2.99. The van der Waals surface area contributed by atoms with Gasteiger partial charge in [-0.3, -0.25) is 0 Å². The molecule has 94 valence electrons. The molecule has 17 heavy (non-hydrogen) atoms. The Kier molecular flexibility index (Phi) is 10.8. The summed E-state index contributed by atoms with van der Waals surface area (Å²) >= 11 is 0. The van der Waals surface area contributed by atoms with Crippen LogP contribution in [0.15, 0.2) is 54.6 Å². The van der Waals surface area contributed by atoms with Gasteiger partial charge in [-0.25, -0.2) is 24.3 Å². The normalized spacial score (nSPS) is 8.76. The summed E-state index contributed by atoms with van der Waals surface area (Å²) in [6.07, 6.45) is 2.26. The van der Waals surface area contributed by atoms with Crippen molar-refractivity contribution >= 4 is 5.69 Å². The Bertz CT molecular complexity index is 297. The van der Waals surface area contributed by atoms with E-state index < -0.39 is 0 Å². The van der Waals surface area contributed by atoms with Crippen molar-refractivity contribution in [1.29, 1.82) is 0 Å². The molecule has 2 rings (SSSR count). The SMILES string of the molecule is NCCCCN[c-]1cccc1.[Fe+2].c1cc[cH-]c1. The maximum atomic E-state index is 5.36. The zero-order chi connectivity index (χ0) is 11.5. The van der Waals surface area contributed by atoms with Gasteiger partial charge >= 0.3 is 17.1 Å². The Balaban J connectivity index is 0.000000360. The van der Waals surface area contributed by atoms with Crippen LogP contribution in [0, 0.1) is 0 Å². The topological polar surface area (TPSA) is 38.0 Å². The Morgan fingerprint density at radius 2 is 1.65 bits per heavy atom. The van der Waals surface area contributed by atoms with Gasteiger partial charge in [0.2, 0.25) is 0 Å². The molecule has 3 heteroatoms. The molecule has 0 aromatic heterocycles. The predicted octanol–water partition coefficient (Wildman–Crippen LogP) is 2.96. The van der Waals surface area contributed by atoms with Gasteiger partial charge in [-0.05, 0) is 19.4 Å². The molecule has 0 saturated carbocycles. The minimum absolute atomic E-state index is 0. The fourth-order valence-corrected chi connectivity index (χ4v) is 1.31. The molecule has 2 aromatic carbocycles. The van der Waals surface area contributed by atoms with Gasteiger partial charge in [-0.15, -0.1) is 0 Å². The molecular formula is C14H20FeN2. The summed E-state index contributed by atoms with van der Waals surface area (Å²) in [5, 5.41) is 3.30. The minimum atomic E-state index is 0. The van der Waals surface area contributed by atoms with E-state index in [4.69, 9.17) is 5.73 Å². The Morgan fingerprint density at radius 3 is 2.12 bits per heavy atom. The van der Waals surface area contributed by atoms with Crippen LogP contribution in [-0.2, 0) is 17.1 Å². The molecule has 0 aliphatic rings. The molecule has 0 atom stereocenters. The molecule has 3 N–H and O–H groups in total. The van der Waals surface area contributed by atoms with E-state index >= 15 is 0 Å². The van der Waals surface area contributed by atoms with Crippen molar-refractivity contribution < 1.29 is 17.1 Å². The largest absolute Gasteiger partial charge is 2.00 e. The Labute approximate surface area is 114 Å². The Morgan fingerprint density at radius 1 is 1.00 bits per heavy atom. The molecule has 0 saturated heterocycles. The molecule has 0 aliphatic heterocycles. The van der Waals surface area contributed by atoms with Crippen LogP contribution in [-0.4, -0.2) is 13.1 Å². The first kappa shape index (κ1) is 16.0. The molecule has 2 aromatic rings. The molecule has 0 aliphatic carbocycles. The van der Waals surface area contributed by atoms with Crippen LogP contribution in [0.2, 0.25) is 0 Å². The minimum Gasteiger partial charge on any atom is -0.436 e. The van der Waals surface area contributed by atoms with Gasteiger partial charge in [0.25, 0.3) is 0 Å². The second-order valence-corrected chi connectivity index (χ2v) is 3.56. The fraction of sp³-hybridized carbons (Fsp3) is 0.286. The van der Waals surface area contributed by atoms with Crippen molar-refractivity contribution in [2.45, 2.75) is 12.8 Å². The molecule has 0 spiro atoms. The van der Waals surface area contributed by atoms with Crippen LogP contribution in [0.4, 0.5) is 5.69 Å². The second-order valence-electron chi connectivity index (χ2n) is 3.56. The van der Waals surface area contributed by atoms with E-state index in [2.05, 4.69) is 17.4 Å². The summed E-state index contributed by atoms with van der Waals surface area (Å²) in [4.78, 5) is 0. The zero-order valence-electron chi connectivity index (χ0n) is 9.96. The van der Waals surface area contributed by atoms with Crippen LogP contribution < -0.4 is 11.1 Å². The number of nitrogens with one attached hydrogen (secondary N) is 1. The Hall–Kier alpha value is -1.02. The quantitative estimate of drug-likeness (QED) is 0.499. The number of unbranched alkanes of at least 4 members (excludes halogenated alkanes) is 1. The van der Waals surface area contributed by atoms with E-state index in [9.17, 15) is 0 Å². The van der Waals surface area contributed by atoms with Crippen molar-refractivity contribution in [3.8, 4) is 0 Å². The van der Waals surface area contributed by atoms with Crippen LogP contribution in [0.1, 0.15) is 12.8 Å². The number of hydrogen-bond donors (Lipinski definition) is 2. The van der Waals surface area contributed by atoms with Crippen LogP contribution in [0.3, 0.4) is 0 Å². The van der Waals surface area contributed by atoms with Crippen molar-refractivity contribution in [2.24, 2.45) is 5.73 Å². The first-order valence-corrected chi connectivity index (χ1v) is 5.76. The summed E-state index contributed by atoms with van der Waals surface area (Å²) in [5.41, 5.74) is 6.57. The van der Waals surface area contributed by atoms with Crippen molar-refractivity contribution in [1.82, 2.24) is 0 Å². The van der Waals surface area contributed by atoms with Gasteiger partial charge in [-0.1, -0.05) is 5.69 Å². The summed E-state index contributed by atoms with van der Waals surface area (Å²) in [7, 11) is 0. The summed E-state index contributed by atoms with van der Waals surface area (Å²) in [5.74, 6) is 0. The van der Waals surface area contributed by atoms with Crippen molar-refractivity contribution in [3.63, 3.8) is 0 Å². The van der Waals surface area contributed by atoms with E-state index in [1.807, 2.05) is 42.5 Å². The van der Waals surface area contributed by atoms with Crippen LogP contribution >= 0.6 is 0 Å². The maximum Gasteiger partial charge on any atom is 2.00 e. The molecule has 2 nitrogen and oxygen atoms in total. The zero-order valence-corrected chi connectivity index (χ0v) is 11.1. The van der Waals surface area contributed by atoms with Gasteiger partial charge < -0.3 is 11.1 Å². The summed E-state index contributed by atoms with van der Waals surface area (Å²) < 4.78 is 0. The summed E-state index contributed by atoms with van der Waals surface area (Å²) in [6.45, 7) is 1.82. The van der Waals surface area contributed by atoms with E-state index in [0.717, 1.165) is 25.9 Å². The van der Waals surface area contributed by atoms with Crippen molar-refractivity contribution in [3.05, 3.63) is 54.6 Å². The smallest absolute Gasteiger partial charge is 0.436 e. The van der Waals surface area contributed by atoms with E-state index in [1.54, 1.807) is 0 Å². The molecular weight excluding hydrogens is 252 g/mol. The van der Waals surface area contributed by atoms with Gasteiger partial charge in [0.05, 0.1) is 0 Å². The third-order valence-corrected chi connectivity index (χ3v) is 2.18. The third-order valence-electron chi connectivity index (χ3n) is 2.18. The summed E-state index contributed by atoms with van der Waals surface area (Å²) in [6, 6.07) is 18.2. The number of rotatable bonds is 5. The van der Waals surface area contributed by atoms with Gasteiger partial charge in [0.15, 0.2) is 0 Å². The van der Waals surface area contributed by atoms with E-state index in [0.29, 0.717) is 0 Å². The van der Waals surface area contributed by atoms with Gasteiger partial charge in [0, 0.05) is 6.54 Å². The van der Waals surface area contributed by atoms with Crippen LogP contribution in [0.5, 0.6) is 0 Å². The van der Waals surface area contributed by atoms with Crippen LogP contribution in [0.25, 0.3) is 0 Å². The maximum absolute atomic E-state index is 5.36. The molecule has 0 amide bonds. The average molecular weight is 272 g/mol. The molecule has 0 radical (unpaired) electrons. The van der Waals surface area contributed by atoms with E-state index in [1.165, 1.54) is 5.69 Å². The first-order chi connectivity index (χ1) is 7.93. The monoisotopic (exact) mass is 272 g/mol. The standard InChI is InChI=1S/C9H15N2.C5H5.Fe/c10-7-3-4-8-11-9-5-1-2-6-9;1-2-4-5-3-1;/h1-2,5-6,11H,3-4,7-8,10H2;1-5H;/q2*-1;+2. The predicted molar refractivity (Wildman–Crippen MR) is 70.8 cm³/mol. The molecule has 0 unspecified atom stereocenters. The van der Waals surface area contributed by atoms with Gasteiger partial charge in [-0.2, -0.15) is 30.3 Å². The van der Waals surface area contributed by atoms with Gasteiger partial charge in [0.1, 0.15) is 0 Å². The number of hydrogen-bond acceptors (Lipinski definition) is 2. The molecule has 0 fully saturated rings. The second kappa shape index (κ2) is 11.5. The molecule has 0 bridgehead atoms. The molecule has 0 heterocycles. The first-order valence-electron chi connectivity index (χ1n) is 5.76.